The summed E-state index contributed by atoms with van der Waals surface area (Å²) in [7, 11) is 0. The molecule has 0 radical (unpaired) electrons. The zero-order valence-corrected chi connectivity index (χ0v) is 17.6. The van der Waals surface area contributed by atoms with Crippen molar-refractivity contribution < 1.29 is 4.79 Å². The van der Waals surface area contributed by atoms with Crippen molar-refractivity contribution in [1.82, 2.24) is 9.97 Å². The number of nitrogens with one attached hydrogen (secondary N) is 2. The number of thiophene rings is 1. The van der Waals surface area contributed by atoms with Crippen molar-refractivity contribution in [2.45, 2.75) is 19.9 Å². The van der Waals surface area contributed by atoms with Crippen LogP contribution in [0.3, 0.4) is 0 Å². The van der Waals surface area contributed by atoms with E-state index in [4.69, 9.17) is 0 Å². The van der Waals surface area contributed by atoms with Gasteiger partial charge in [0.15, 0.2) is 0 Å². The van der Waals surface area contributed by atoms with Crippen LogP contribution in [0, 0.1) is 13.8 Å². The maximum Gasteiger partial charge on any atom is 0.256 e. The monoisotopic (exact) mass is 414 g/mol. The van der Waals surface area contributed by atoms with Gasteiger partial charge in [0.1, 0.15) is 10.8 Å². The summed E-state index contributed by atoms with van der Waals surface area (Å²) in [4.78, 5) is 22.7. The van der Waals surface area contributed by atoms with Gasteiger partial charge in [0.05, 0.1) is 6.04 Å². The van der Waals surface area contributed by atoms with E-state index in [1.807, 2.05) is 74.6 Å². The molecule has 3 heterocycles. The largest absolute Gasteiger partial charge is 0.359 e. The summed E-state index contributed by atoms with van der Waals surface area (Å²) < 4.78 is 0. The minimum Gasteiger partial charge on any atom is -0.359 e. The molecule has 5 nitrogen and oxygen atoms in total. The van der Waals surface area contributed by atoms with Crippen LogP contribution < -0.4 is 10.6 Å². The van der Waals surface area contributed by atoms with Crippen molar-refractivity contribution in [3.8, 4) is 0 Å². The average molecular weight is 415 g/mol. The van der Waals surface area contributed by atoms with Crippen molar-refractivity contribution in [3.05, 3.63) is 106 Å². The summed E-state index contributed by atoms with van der Waals surface area (Å²) in [6.07, 6.45) is 5.38. The predicted octanol–water partition coefficient (Wildman–Crippen LogP) is 5.61. The number of carbonyl (C=O) groups is 1. The lowest BCUT2D eigenvalue weighted by Crippen LogP contribution is -2.17. The smallest absolute Gasteiger partial charge is 0.256 e. The minimum atomic E-state index is -0.205. The molecule has 4 aromatic rings. The van der Waals surface area contributed by atoms with Crippen LogP contribution in [0.5, 0.6) is 0 Å². The standard InChI is InChI=1S/C24H22N4OS/c1-16-10-12-26-21(13-16)27-22(19-9-6-11-25-15-19)20-14-17(2)30-24(20)28-23(29)18-7-4-3-5-8-18/h3-15,22H,1-2H3,(H,26,27)(H,28,29)/t22-/m1/s1. The molecule has 0 saturated heterocycles. The van der Waals surface area contributed by atoms with Gasteiger partial charge >= 0.3 is 0 Å². The number of nitrogens with zero attached hydrogens (tertiary/aromatic N) is 2. The Morgan fingerprint density at radius 2 is 1.83 bits per heavy atom. The van der Waals surface area contributed by atoms with Crippen molar-refractivity contribution in [2.24, 2.45) is 0 Å². The van der Waals surface area contributed by atoms with E-state index in [0.717, 1.165) is 32.4 Å². The Bertz CT molecular complexity index is 1140. The van der Waals surface area contributed by atoms with Gasteiger partial charge in [0, 0.05) is 34.6 Å². The average Bonchev–Trinajstić information content (AvgIpc) is 3.13. The normalized spacial score (nSPS) is 11.7. The number of amides is 1. The van der Waals surface area contributed by atoms with Crippen molar-refractivity contribution in [2.75, 3.05) is 10.6 Å². The lowest BCUT2D eigenvalue weighted by atomic mass is 10.0. The molecule has 1 atom stereocenters. The van der Waals surface area contributed by atoms with E-state index >= 15 is 0 Å². The first-order valence-electron chi connectivity index (χ1n) is 9.66. The van der Waals surface area contributed by atoms with Crippen molar-refractivity contribution in [1.29, 1.82) is 0 Å². The van der Waals surface area contributed by atoms with Crippen LogP contribution >= 0.6 is 11.3 Å². The fourth-order valence-electron chi connectivity index (χ4n) is 3.26. The maximum atomic E-state index is 12.8. The highest BCUT2D eigenvalue weighted by molar-refractivity contribution is 7.16. The number of pyridine rings is 2. The molecule has 2 N–H and O–H groups in total. The molecular formula is C24H22N4OS. The fourth-order valence-corrected chi connectivity index (χ4v) is 4.21. The Labute approximate surface area is 179 Å². The Balaban J connectivity index is 1.71. The van der Waals surface area contributed by atoms with Crippen molar-refractivity contribution in [3.63, 3.8) is 0 Å². The fraction of sp³-hybridized carbons (Fsp3) is 0.125. The molecular weight excluding hydrogens is 392 g/mol. The topological polar surface area (TPSA) is 66.9 Å². The Morgan fingerprint density at radius 1 is 1.00 bits per heavy atom. The second-order valence-corrected chi connectivity index (χ2v) is 8.30. The summed E-state index contributed by atoms with van der Waals surface area (Å²) in [5, 5.41) is 7.43. The van der Waals surface area contributed by atoms with Crippen LogP contribution in [0.15, 0.2) is 79.3 Å². The highest BCUT2D eigenvalue weighted by Gasteiger charge is 2.22. The van der Waals surface area contributed by atoms with Gasteiger partial charge in [-0.05, 0) is 61.4 Å². The molecule has 6 heteroatoms. The van der Waals surface area contributed by atoms with E-state index < -0.39 is 0 Å². The summed E-state index contributed by atoms with van der Waals surface area (Å²) in [5.41, 5.74) is 3.73. The molecule has 4 rings (SSSR count). The third-order valence-corrected chi connectivity index (χ3v) is 5.67. The molecule has 0 unspecified atom stereocenters. The highest BCUT2D eigenvalue weighted by atomic mass is 32.1. The van der Waals surface area contributed by atoms with Gasteiger partial charge in [0.2, 0.25) is 0 Å². The molecule has 0 aliphatic carbocycles. The first kappa shape index (κ1) is 19.8. The van der Waals surface area contributed by atoms with Crippen LogP contribution in [0.4, 0.5) is 10.8 Å². The molecule has 1 aromatic carbocycles. The first-order chi connectivity index (χ1) is 14.6. The molecule has 3 aromatic heterocycles. The third kappa shape index (κ3) is 4.55. The van der Waals surface area contributed by atoms with Crippen LogP contribution in [0.1, 0.15) is 38.0 Å². The number of rotatable bonds is 6. The molecule has 0 aliphatic rings. The zero-order valence-electron chi connectivity index (χ0n) is 16.8. The minimum absolute atomic E-state index is 0.127. The maximum absolute atomic E-state index is 12.8. The second-order valence-electron chi connectivity index (χ2n) is 7.04. The first-order valence-corrected chi connectivity index (χ1v) is 10.5. The van der Waals surface area contributed by atoms with E-state index in [-0.39, 0.29) is 11.9 Å². The number of aryl methyl sites for hydroxylation is 2. The van der Waals surface area contributed by atoms with E-state index in [9.17, 15) is 4.79 Å². The molecule has 0 bridgehead atoms. The lowest BCUT2D eigenvalue weighted by Gasteiger charge is -2.21. The summed E-state index contributed by atoms with van der Waals surface area (Å²) in [6.45, 7) is 4.07. The van der Waals surface area contributed by atoms with Gasteiger partial charge in [-0.1, -0.05) is 24.3 Å². The van der Waals surface area contributed by atoms with E-state index in [2.05, 4.69) is 26.7 Å². The number of anilines is 2. The molecule has 0 fully saturated rings. The lowest BCUT2D eigenvalue weighted by molar-refractivity contribution is 0.102. The number of carbonyl (C=O) groups excluding carboxylic acids is 1. The van der Waals surface area contributed by atoms with E-state index in [1.54, 1.807) is 23.7 Å². The second kappa shape index (κ2) is 8.88. The van der Waals surface area contributed by atoms with Gasteiger partial charge in [-0.3, -0.25) is 9.78 Å². The summed E-state index contributed by atoms with van der Waals surface area (Å²) in [5.74, 6) is 0.644. The zero-order chi connectivity index (χ0) is 20.9. The number of hydrogen-bond donors (Lipinski definition) is 2. The van der Waals surface area contributed by atoms with Gasteiger partial charge in [0.25, 0.3) is 5.91 Å². The Morgan fingerprint density at radius 3 is 2.57 bits per heavy atom. The van der Waals surface area contributed by atoms with Gasteiger partial charge < -0.3 is 10.6 Å². The number of benzene rings is 1. The van der Waals surface area contributed by atoms with Crippen LogP contribution in [-0.2, 0) is 0 Å². The van der Waals surface area contributed by atoms with Gasteiger partial charge in [-0.15, -0.1) is 11.3 Å². The van der Waals surface area contributed by atoms with E-state index in [1.165, 1.54) is 0 Å². The third-order valence-electron chi connectivity index (χ3n) is 4.68. The van der Waals surface area contributed by atoms with Gasteiger partial charge in [-0.25, -0.2) is 4.98 Å². The van der Waals surface area contributed by atoms with Crippen LogP contribution in [0.2, 0.25) is 0 Å². The molecule has 1 amide bonds. The van der Waals surface area contributed by atoms with Crippen molar-refractivity contribution >= 4 is 28.1 Å². The summed E-state index contributed by atoms with van der Waals surface area (Å²) in [6, 6.07) is 19.0. The Hall–Kier alpha value is -3.51. The number of aromatic nitrogens is 2. The number of hydrogen-bond acceptors (Lipinski definition) is 5. The Kier molecular flexibility index (Phi) is 5.86. The van der Waals surface area contributed by atoms with Crippen LogP contribution in [0.25, 0.3) is 0 Å². The predicted molar refractivity (Wildman–Crippen MR) is 122 cm³/mol. The molecule has 30 heavy (non-hydrogen) atoms. The SMILES string of the molecule is Cc1ccnc(N[C@H](c2cccnc2)c2cc(C)sc2NC(=O)c2ccccc2)c1. The van der Waals surface area contributed by atoms with Crippen LogP contribution in [-0.4, -0.2) is 15.9 Å². The van der Waals surface area contributed by atoms with E-state index in [0.29, 0.717) is 5.56 Å². The molecule has 150 valence electrons. The van der Waals surface area contributed by atoms with Gasteiger partial charge in [-0.2, -0.15) is 0 Å². The molecule has 0 spiro atoms. The highest BCUT2D eigenvalue weighted by Crippen LogP contribution is 2.37. The quantitative estimate of drug-likeness (QED) is 0.430. The molecule has 0 aliphatic heterocycles. The summed E-state index contributed by atoms with van der Waals surface area (Å²) >= 11 is 1.56. The molecule has 0 saturated carbocycles.